The Morgan fingerprint density at radius 2 is 1.70 bits per heavy atom. The molecule has 5 rings (SSSR count). The maximum absolute atomic E-state index is 12.2. The number of piperidine rings is 1. The van der Waals surface area contributed by atoms with Crippen LogP contribution in [0.1, 0.15) is 31.7 Å². The van der Waals surface area contributed by atoms with Crippen LogP contribution in [0, 0.1) is 5.92 Å². The Morgan fingerprint density at radius 1 is 0.950 bits per heavy atom. The Labute approximate surface area is 236 Å². The third-order valence-electron chi connectivity index (χ3n) is 7.32. The second-order valence-corrected chi connectivity index (χ2v) is 10.4. The van der Waals surface area contributed by atoms with Crippen LogP contribution in [0.4, 0.5) is 22.0 Å². The number of rotatable bonds is 11. The maximum Gasteiger partial charge on any atom is 0.323 e. The van der Waals surface area contributed by atoms with Crippen LogP contribution in [0.2, 0.25) is 0 Å². The molecule has 40 heavy (non-hydrogen) atoms. The molecule has 1 fully saturated rings. The van der Waals surface area contributed by atoms with Gasteiger partial charge in [-0.3, -0.25) is 0 Å². The van der Waals surface area contributed by atoms with Crippen LogP contribution in [0.25, 0.3) is 10.9 Å². The third kappa shape index (κ3) is 7.93. The number of fused-ring (bicyclic) bond motifs is 1. The number of aromatic nitrogens is 2. The fraction of sp³-hybridized carbons (Fsp3) is 0.344. The number of hydrogen-bond donors (Lipinski definition) is 3. The molecule has 3 aromatic carbocycles. The molecule has 1 aliphatic rings. The van der Waals surface area contributed by atoms with Gasteiger partial charge >= 0.3 is 6.03 Å². The van der Waals surface area contributed by atoms with Gasteiger partial charge in [-0.05, 0) is 86.7 Å². The van der Waals surface area contributed by atoms with E-state index in [2.05, 4.69) is 37.7 Å². The molecule has 1 aliphatic heterocycles. The molecule has 0 bridgehead atoms. The second kappa shape index (κ2) is 13.8. The van der Waals surface area contributed by atoms with Gasteiger partial charge in [0, 0.05) is 35.9 Å². The van der Waals surface area contributed by atoms with Crippen molar-refractivity contribution in [2.45, 2.75) is 32.6 Å². The molecule has 1 saturated heterocycles. The minimum absolute atomic E-state index is 0.267. The molecule has 0 atom stereocenters. The van der Waals surface area contributed by atoms with Crippen molar-refractivity contribution in [2.24, 2.45) is 5.92 Å². The molecule has 1 aromatic heterocycles. The first kappa shape index (κ1) is 27.4. The van der Waals surface area contributed by atoms with Crippen LogP contribution in [0.3, 0.4) is 0 Å². The number of benzene rings is 3. The number of urea groups is 1. The van der Waals surface area contributed by atoms with Crippen molar-refractivity contribution in [3.05, 3.63) is 84.7 Å². The lowest BCUT2D eigenvalue weighted by molar-refractivity contribution is 0.177. The number of nitrogens with one attached hydrogen (secondary N) is 3. The highest BCUT2D eigenvalue weighted by Gasteiger charge is 2.15. The van der Waals surface area contributed by atoms with Crippen molar-refractivity contribution in [1.29, 1.82) is 0 Å². The van der Waals surface area contributed by atoms with Gasteiger partial charge in [-0.25, -0.2) is 14.8 Å². The first-order valence-corrected chi connectivity index (χ1v) is 14.2. The molecule has 0 aliphatic carbocycles. The molecule has 0 unspecified atom stereocenters. The summed E-state index contributed by atoms with van der Waals surface area (Å²) in [5.41, 5.74) is 3.52. The van der Waals surface area contributed by atoms with Crippen molar-refractivity contribution in [3.63, 3.8) is 0 Å². The predicted molar refractivity (Wildman–Crippen MR) is 162 cm³/mol. The highest BCUT2D eigenvalue weighted by Crippen LogP contribution is 2.24. The van der Waals surface area contributed by atoms with Crippen molar-refractivity contribution < 1.29 is 9.53 Å². The van der Waals surface area contributed by atoms with Crippen molar-refractivity contribution in [3.8, 4) is 5.75 Å². The molecule has 0 spiro atoms. The van der Waals surface area contributed by atoms with Gasteiger partial charge in [0.05, 0.1) is 12.1 Å². The zero-order valence-electron chi connectivity index (χ0n) is 23.1. The van der Waals surface area contributed by atoms with Gasteiger partial charge in [-0.15, -0.1) is 0 Å². The summed E-state index contributed by atoms with van der Waals surface area (Å²) in [6.07, 6.45) is 6.05. The summed E-state index contributed by atoms with van der Waals surface area (Å²) in [6, 6.07) is 23.0. The number of carbonyl (C=O) groups excluding carboxylic acids is 1. The Hall–Kier alpha value is -4.17. The first-order valence-electron chi connectivity index (χ1n) is 14.2. The van der Waals surface area contributed by atoms with Gasteiger partial charge in [-0.2, -0.15) is 0 Å². The van der Waals surface area contributed by atoms with E-state index in [-0.39, 0.29) is 6.03 Å². The van der Waals surface area contributed by atoms with Crippen molar-refractivity contribution >= 4 is 34.1 Å². The summed E-state index contributed by atoms with van der Waals surface area (Å²) in [6.45, 7) is 7.29. The van der Waals surface area contributed by atoms with E-state index in [0.717, 1.165) is 71.3 Å². The molecular formula is C32H38N6O2. The maximum atomic E-state index is 12.2. The van der Waals surface area contributed by atoms with Crippen LogP contribution in [0.5, 0.6) is 5.75 Å². The number of nitrogens with zero attached hydrogens (tertiary/aromatic N) is 3. The number of hydrogen-bond acceptors (Lipinski definition) is 6. The summed E-state index contributed by atoms with van der Waals surface area (Å²) >= 11 is 0. The Morgan fingerprint density at radius 3 is 2.48 bits per heavy atom. The molecule has 208 valence electrons. The average Bonchev–Trinajstić information content (AvgIpc) is 2.97. The van der Waals surface area contributed by atoms with Gasteiger partial charge < -0.3 is 25.6 Å². The van der Waals surface area contributed by atoms with Crippen LogP contribution in [-0.2, 0) is 6.42 Å². The summed E-state index contributed by atoms with van der Waals surface area (Å²) < 4.78 is 6.03. The molecule has 2 amide bonds. The van der Waals surface area contributed by atoms with E-state index < -0.39 is 0 Å². The van der Waals surface area contributed by atoms with E-state index in [0.29, 0.717) is 6.61 Å². The third-order valence-corrected chi connectivity index (χ3v) is 7.32. The van der Waals surface area contributed by atoms with Gasteiger partial charge in [0.15, 0.2) is 0 Å². The smallest absolute Gasteiger partial charge is 0.323 e. The minimum Gasteiger partial charge on any atom is -0.493 e. The molecular weight excluding hydrogens is 500 g/mol. The van der Waals surface area contributed by atoms with Gasteiger partial charge in [0.25, 0.3) is 0 Å². The summed E-state index contributed by atoms with van der Waals surface area (Å²) in [4.78, 5) is 23.7. The van der Waals surface area contributed by atoms with Crippen molar-refractivity contribution in [1.82, 2.24) is 14.9 Å². The number of ether oxygens (including phenoxy) is 1. The topological polar surface area (TPSA) is 91.4 Å². The quantitative estimate of drug-likeness (QED) is 0.191. The standard InChI is InChI=1S/C32H38N6O2/c1-24-15-19-38(20-16-24)18-5-21-40-28-12-13-29-30(22-28)34-23-35-31(29)33-17-14-25-8-10-27(11-9-25)37-32(39)36-26-6-3-2-4-7-26/h2-4,6-13,22-24H,5,14-21H2,1H3,(H,33,34,35)(H2,36,37,39). The second-order valence-electron chi connectivity index (χ2n) is 10.4. The van der Waals surface area contributed by atoms with Gasteiger partial charge in [0.2, 0.25) is 0 Å². The van der Waals surface area contributed by atoms with Crippen LogP contribution < -0.4 is 20.7 Å². The first-order chi connectivity index (χ1) is 19.6. The monoisotopic (exact) mass is 538 g/mol. The predicted octanol–water partition coefficient (Wildman–Crippen LogP) is 6.43. The van der Waals surface area contributed by atoms with E-state index >= 15 is 0 Å². The van der Waals surface area contributed by atoms with E-state index in [1.165, 1.54) is 25.9 Å². The Kier molecular flexibility index (Phi) is 9.42. The van der Waals surface area contributed by atoms with Crippen LogP contribution >= 0.6 is 0 Å². The van der Waals surface area contributed by atoms with Gasteiger partial charge in [0.1, 0.15) is 17.9 Å². The van der Waals surface area contributed by atoms with Crippen LogP contribution in [-0.4, -0.2) is 53.7 Å². The Bertz CT molecular complexity index is 1370. The molecule has 2 heterocycles. The van der Waals surface area contributed by atoms with E-state index in [9.17, 15) is 4.79 Å². The van der Waals surface area contributed by atoms with E-state index in [1.807, 2.05) is 72.8 Å². The minimum atomic E-state index is -0.267. The fourth-order valence-corrected chi connectivity index (χ4v) is 4.93. The zero-order valence-corrected chi connectivity index (χ0v) is 23.1. The van der Waals surface area contributed by atoms with E-state index in [1.54, 1.807) is 6.33 Å². The molecule has 8 heteroatoms. The lowest BCUT2D eigenvalue weighted by Crippen LogP contribution is -2.34. The molecule has 4 aromatic rings. The summed E-state index contributed by atoms with van der Waals surface area (Å²) in [7, 11) is 0. The SMILES string of the molecule is CC1CCN(CCCOc2ccc3c(NCCc4ccc(NC(=O)Nc5ccccc5)cc4)ncnc3c2)CC1. The van der Waals surface area contributed by atoms with Gasteiger partial charge in [-0.1, -0.05) is 37.3 Å². The molecule has 8 nitrogen and oxygen atoms in total. The molecule has 3 N–H and O–H groups in total. The van der Waals surface area contributed by atoms with Crippen molar-refractivity contribution in [2.75, 3.05) is 48.7 Å². The Balaban J connectivity index is 1.06. The fourth-order valence-electron chi connectivity index (χ4n) is 4.93. The number of anilines is 3. The summed E-state index contributed by atoms with van der Waals surface area (Å²) in [5.74, 6) is 2.52. The largest absolute Gasteiger partial charge is 0.493 e. The zero-order chi connectivity index (χ0) is 27.6. The lowest BCUT2D eigenvalue weighted by Gasteiger charge is -2.30. The number of likely N-dealkylation sites (tertiary alicyclic amines) is 1. The van der Waals surface area contributed by atoms with Crippen LogP contribution in [0.15, 0.2) is 79.1 Å². The lowest BCUT2D eigenvalue weighted by atomic mass is 9.99. The van der Waals surface area contributed by atoms with E-state index in [4.69, 9.17) is 4.74 Å². The molecule has 0 radical (unpaired) electrons. The average molecular weight is 539 g/mol. The number of amides is 2. The summed E-state index contributed by atoms with van der Waals surface area (Å²) in [5, 5.41) is 10.1. The highest BCUT2D eigenvalue weighted by atomic mass is 16.5. The molecule has 0 saturated carbocycles. The number of carbonyl (C=O) groups is 1. The normalized spacial score (nSPS) is 14.1. The number of para-hydroxylation sites is 1. The highest BCUT2D eigenvalue weighted by molar-refractivity contribution is 5.99.